The van der Waals surface area contributed by atoms with Gasteiger partial charge in [0.25, 0.3) is 10.0 Å². The average Bonchev–Trinajstić information content (AvgIpc) is 2.08. The molecule has 6 heteroatoms. The Labute approximate surface area is 51.9 Å². The zero-order valence-corrected chi connectivity index (χ0v) is 5.14. The molecule has 0 aliphatic rings. The van der Waals surface area contributed by atoms with Crippen molar-refractivity contribution >= 4 is 10.0 Å². The number of hydrogen-bond acceptors (Lipinski definition) is 3. The van der Waals surface area contributed by atoms with Crippen molar-refractivity contribution in [1.29, 1.82) is 0 Å². The Balaban J connectivity index is 3.20. The highest BCUT2D eigenvalue weighted by Gasteiger charge is 2.07. The van der Waals surface area contributed by atoms with E-state index in [-0.39, 0.29) is 4.90 Å². The first-order valence-corrected chi connectivity index (χ1v) is 3.57. The minimum atomic E-state index is -3.80. The van der Waals surface area contributed by atoms with Crippen molar-refractivity contribution in [3.63, 3.8) is 0 Å². The third-order valence-corrected chi connectivity index (χ3v) is 1.63. The van der Waals surface area contributed by atoms with Gasteiger partial charge in [-0.05, 0) is 0 Å². The van der Waals surface area contributed by atoms with Crippen molar-refractivity contribution in [2.24, 2.45) is 0 Å². The summed E-state index contributed by atoms with van der Waals surface area (Å²) in [5.41, 5.74) is 0. The fourth-order valence-electron chi connectivity index (χ4n) is 0.386. The standard InChI is InChI=1S/C3H4N3O2S/c4-9(7,8)3-1-5-6-2-3/h1-2,4H,(H,5,6). The zero-order chi connectivity index (χ0) is 6.91. The quantitative estimate of drug-likeness (QED) is 0.572. The van der Waals surface area contributed by atoms with Crippen molar-refractivity contribution in [2.45, 2.75) is 4.90 Å². The summed E-state index contributed by atoms with van der Waals surface area (Å²) in [6, 6.07) is 0. The van der Waals surface area contributed by atoms with Crippen LogP contribution in [0.5, 0.6) is 0 Å². The second kappa shape index (κ2) is 1.82. The lowest BCUT2D eigenvalue weighted by Gasteiger charge is -1.83. The molecule has 0 aliphatic carbocycles. The maximum atomic E-state index is 10.3. The Hall–Kier alpha value is -0.880. The molecule has 1 rings (SSSR count). The molecule has 1 aromatic heterocycles. The van der Waals surface area contributed by atoms with Crippen LogP contribution in [0.3, 0.4) is 0 Å². The molecule has 49 valence electrons. The van der Waals surface area contributed by atoms with Gasteiger partial charge < -0.3 is 0 Å². The second-order valence-corrected chi connectivity index (χ2v) is 2.92. The summed E-state index contributed by atoms with van der Waals surface area (Å²) in [5.74, 6) is 0. The summed E-state index contributed by atoms with van der Waals surface area (Å²) in [7, 11) is -3.80. The predicted molar refractivity (Wildman–Crippen MR) is 28.9 cm³/mol. The van der Waals surface area contributed by atoms with Crippen LogP contribution in [0.15, 0.2) is 17.3 Å². The number of rotatable bonds is 1. The van der Waals surface area contributed by atoms with Crippen molar-refractivity contribution < 1.29 is 8.42 Å². The van der Waals surface area contributed by atoms with Crippen molar-refractivity contribution in [2.75, 3.05) is 0 Å². The van der Waals surface area contributed by atoms with Gasteiger partial charge in [0.1, 0.15) is 4.90 Å². The van der Waals surface area contributed by atoms with Crippen molar-refractivity contribution in [1.82, 2.24) is 15.3 Å². The Bertz CT molecular complexity index is 274. The number of H-pyrrole nitrogens is 1. The first-order chi connectivity index (χ1) is 4.11. The van der Waals surface area contributed by atoms with E-state index in [0.29, 0.717) is 0 Å². The van der Waals surface area contributed by atoms with Crippen LogP contribution in [-0.2, 0) is 10.0 Å². The third-order valence-electron chi connectivity index (χ3n) is 0.783. The topological polar surface area (TPSA) is 86.6 Å². The summed E-state index contributed by atoms with van der Waals surface area (Å²) in [5, 5.41) is 12.2. The van der Waals surface area contributed by atoms with E-state index in [9.17, 15) is 8.42 Å². The molecular weight excluding hydrogens is 142 g/mol. The summed E-state index contributed by atoms with van der Waals surface area (Å²) in [6.45, 7) is 0. The molecule has 0 amide bonds. The van der Waals surface area contributed by atoms with E-state index in [4.69, 9.17) is 5.14 Å². The average molecular weight is 146 g/mol. The van der Waals surface area contributed by atoms with Gasteiger partial charge in [0.15, 0.2) is 0 Å². The Kier molecular flexibility index (Phi) is 1.26. The molecule has 0 aromatic carbocycles. The fraction of sp³-hybridized carbons (Fsp3) is 0. The number of nitrogens with one attached hydrogen (secondary N) is 2. The molecule has 9 heavy (non-hydrogen) atoms. The largest absolute Gasteiger partial charge is 0.284 e. The lowest BCUT2D eigenvalue weighted by atomic mass is 10.7. The summed E-state index contributed by atoms with van der Waals surface area (Å²) >= 11 is 0. The molecule has 0 saturated heterocycles. The molecule has 0 bridgehead atoms. The normalized spacial score (nSPS) is 11.7. The first-order valence-electron chi connectivity index (χ1n) is 2.09. The van der Waals surface area contributed by atoms with Crippen LogP contribution in [0.25, 0.3) is 0 Å². The van der Waals surface area contributed by atoms with Gasteiger partial charge in [-0.25, -0.2) is 8.42 Å². The Morgan fingerprint density at radius 1 is 1.67 bits per heavy atom. The molecule has 1 heterocycles. The van der Waals surface area contributed by atoms with Gasteiger partial charge in [0, 0.05) is 6.20 Å². The van der Waals surface area contributed by atoms with Gasteiger partial charge in [-0.2, -0.15) is 5.10 Å². The molecule has 2 N–H and O–H groups in total. The monoisotopic (exact) mass is 146 g/mol. The van der Waals surface area contributed by atoms with Crippen LogP contribution in [0.1, 0.15) is 0 Å². The van der Waals surface area contributed by atoms with Gasteiger partial charge >= 0.3 is 0 Å². The Morgan fingerprint density at radius 2 is 2.33 bits per heavy atom. The van der Waals surface area contributed by atoms with Gasteiger partial charge in [0.2, 0.25) is 0 Å². The number of aromatic amines is 1. The van der Waals surface area contributed by atoms with Crippen LogP contribution in [0.4, 0.5) is 0 Å². The van der Waals surface area contributed by atoms with Crippen LogP contribution in [0.2, 0.25) is 0 Å². The molecule has 0 spiro atoms. The van der Waals surface area contributed by atoms with Gasteiger partial charge in [-0.1, -0.05) is 0 Å². The molecule has 0 saturated carbocycles. The van der Waals surface area contributed by atoms with Gasteiger partial charge in [-0.15, -0.1) is 5.14 Å². The molecule has 1 aromatic rings. The second-order valence-electron chi connectivity index (χ2n) is 1.44. The molecule has 1 radical (unpaired) electrons. The maximum absolute atomic E-state index is 10.3. The van der Waals surface area contributed by atoms with Crippen LogP contribution >= 0.6 is 0 Å². The van der Waals surface area contributed by atoms with E-state index in [2.05, 4.69) is 10.2 Å². The number of hydrogen-bond donors (Lipinski definition) is 1. The number of nitrogens with zero attached hydrogens (tertiary/aromatic N) is 1. The molecule has 0 fully saturated rings. The summed E-state index contributed by atoms with van der Waals surface area (Å²) < 4.78 is 20.6. The lowest BCUT2D eigenvalue weighted by Crippen LogP contribution is -1.97. The highest BCUT2D eigenvalue weighted by atomic mass is 32.2. The van der Waals surface area contributed by atoms with Crippen LogP contribution in [0, 0.1) is 0 Å². The smallest absolute Gasteiger partial charge is 0.257 e. The zero-order valence-electron chi connectivity index (χ0n) is 4.33. The minimum Gasteiger partial charge on any atom is -0.284 e. The molecule has 0 aliphatic heterocycles. The van der Waals surface area contributed by atoms with E-state index < -0.39 is 10.0 Å². The van der Waals surface area contributed by atoms with E-state index in [1.54, 1.807) is 0 Å². The predicted octanol–water partition coefficient (Wildman–Crippen LogP) is -0.619. The highest BCUT2D eigenvalue weighted by molar-refractivity contribution is 7.88. The summed E-state index contributed by atoms with van der Waals surface area (Å²) in [4.78, 5) is -0.109. The van der Waals surface area contributed by atoms with E-state index in [0.717, 1.165) is 12.4 Å². The van der Waals surface area contributed by atoms with Crippen LogP contribution in [-0.4, -0.2) is 18.6 Å². The van der Waals surface area contributed by atoms with Crippen molar-refractivity contribution in [3.8, 4) is 0 Å². The first kappa shape index (κ1) is 6.24. The van der Waals surface area contributed by atoms with E-state index >= 15 is 0 Å². The maximum Gasteiger partial charge on any atom is 0.257 e. The van der Waals surface area contributed by atoms with Gasteiger partial charge in [-0.3, -0.25) is 5.10 Å². The highest BCUT2D eigenvalue weighted by Crippen LogP contribution is 2.00. The van der Waals surface area contributed by atoms with E-state index in [1.165, 1.54) is 0 Å². The molecule has 5 nitrogen and oxygen atoms in total. The Morgan fingerprint density at radius 3 is 2.56 bits per heavy atom. The summed E-state index contributed by atoms with van der Waals surface area (Å²) in [6.07, 6.45) is 2.24. The molecule has 0 atom stereocenters. The van der Waals surface area contributed by atoms with Gasteiger partial charge in [0.05, 0.1) is 6.20 Å². The van der Waals surface area contributed by atoms with Crippen molar-refractivity contribution in [3.05, 3.63) is 12.4 Å². The van der Waals surface area contributed by atoms with E-state index in [1.807, 2.05) is 0 Å². The number of aromatic nitrogens is 2. The minimum absolute atomic E-state index is 0.109. The molecule has 0 unspecified atom stereocenters. The van der Waals surface area contributed by atoms with Crippen LogP contribution < -0.4 is 5.14 Å². The number of sulfonamides is 1. The molecular formula is C3H4N3O2S. The third kappa shape index (κ3) is 1.27. The fourth-order valence-corrected chi connectivity index (χ4v) is 0.785. The lowest BCUT2D eigenvalue weighted by molar-refractivity contribution is 0.596. The SMILES string of the molecule is [NH]S(=O)(=O)c1cn[nH]c1.